The highest BCUT2D eigenvalue weighted by molar-refractivity contribution is 5.93. The first-order valence-electron chi connectivity index (χ1n) is 7.45. The lowest BCUT2D eigenvalue weighted by Crippen LogP contribution is -2.92. The Morgan fingerprint density at radius 2 is 2.04 bits per heavy atom. The Balaban J connectivity index is 1.89. The molecule has 0 fully saturated rings. The van der Waals surface area contributed by atoms with Crippen molar-refractivity contribution < 1.29 is 24.7 Å². The summed E-state index contributed by atoms with van der Waals surface area (Å²) in [5.74, 6) is -0.994. The second-order valence-electron chi connectivity index (χ2n) is 5.21. The van der Waals surface area contributed by atoms with Crippen LogP contribution in [0.4, 0.5) is 5.69 Å². The lowest BCUT2D eigenvalue weighted by molar-refractivity contribution is -0.697. The SMILES string of the molecule is COc1ccc(NC(=O)C[C@H]([NH2+]Cc2cccnc2)C(=O)[O-])cc1. The van der Waals surface area contributed by atoms with Gasteiger partial charge in [0.25, 0.3) is 0 Å². The number of pyridine rings is 1. The van der Waals surface area contributed by atoms with Crippen LogP contribution in [-0.2, 0) is 16.1 Å². The first kappa shape index (κ1) is 17.4. The van der Waals surface area contributed by atoms with Gasteiger partial charge < -0.3 is 25.3 Å². The van der Waals surface area contributed by atoms with Crippen LogP contribution >= 0.6 is 0 Å². The zero-order chi connectivity index (χ0) is 17.4. The van der Waals surface area contributed by atoms with Crippen LogP contribution in [0, 0.1) is 0 Å². The van der Waals surface area contributed by atoms with Crippen LogP contribution in [0.25, 0.3) is 0 Å². The van der Waals surface area contributed by atoms with Crippen LogP contribution in [0.3, 0.4) is 0 Å². The number of ether oxygens (including phenoxy) is 1. The van der Waals surface area contributed by atoms with E-state index in [0.29, 0.717) is 18.0 Å². The highest BCUT2D eigenvalue weighted by Crippen LogP contribution is 2.15. The van der Waals surface area contributed by atoms with Crippen LogP contribution in [-0.4, -0.2) is 30.0 Å². The maximum atomic E-state index is 12.0. The van der Waals surface area contributed by atoms with E-state index in [-0.39, 0.29) is 6.42 Å². The Morgan fingerprint density at radius 1 is 1.29 bits per heavy atom. The number of hydrogen-bond donors (Lipinski definition) is 2. The van der Waals surface area contributed by atoms with Gasteiger partial charge in [-0.3, -0.25) is 9.78 Å². The van der Waals surface area contributed by atoms with Gasteiger partial charge in [0.05, 0.1) is 19.5 Å². The smallest absolute Gasteiger partial charge is 0.230 e. The number of carboxylic acid groups (broad SMARTS) is 1. The fourth-order valence-corrected chi connectivity index (χ4v) is 2.15. The van der Waals surface area contributed by atoms with E-state index in [2.05, 4.69) is 10.3 Å². The molecule has 1 aromatic heterocycles. The summed E-state index contributed by atoms with van der Waals surface area (Å²) in [7, 11) is 1.55. The fraction of sp³-hybridized carbons (Fsp3) is 0.235. The number of carbonyl (C=O) groups is 2. The second-order valence-corrected chi connectivity index (χ2v) is 5.21. The van der Waals surface area contributed by atoms with E-state index in [1.54, 1.807) is 55.2 Å². The van der Waals surface area contributed by atoms with Gasteiger partial charge in [-0.1, -0.05) is 6.07 Å². The number of carbonyl (C=O) groups excluding carboxylic acids is 2. The highest BCUT2D eigenvalue weighted by Gasteiger charge is 2.18. The average Bonchev–Trinajstić information content (AvgIpc) is 2.60. The normalized spacial score (nSPS) is 11.5. The van der Waals surface area contributed by atoms with E-state index in [0.717, 1.165) is 5.56 Å². The zero-order valence-electron chi connectivity index (χ0n) is 13.3. The number of amides is 1. The molecular formula is C17H19N3O4. The summed E-state index contributed by atoms with van der Waals surface area (Å²) in [6, 6.07) is 9.43. The molecule has 0 bridgehead atoms. The summed E-state index contributed by atoms with van der Waals surface area (Å²) in [6.45, 7) is 0.405. The Kier molecular flexibility index (Phi) is 6.27. The largest absolute Gasteiger partial charge is 0.544 e. The third kappa shape index (κ3) is 5.36. The van der Waals surface area contributed by atoms with Crippen LogP contribution in [0.5, 0.6) is 5.75 Å². The average molecular weight is 329 g/mol. The minimum atomic E-state index is -1.27. The van der Waals surface area contributed by atoms with Gasteiger partial charge in [-0.05, 0) is 30.3 Å². The number of rotatable bonds is 8. The standard InChI is InChI=1S/C17H19N3O4/c1-24-14-6-4-13(5-7-14)20-16(21)9-15(17(22)23)19-11-12-3-2-8-18-10-12/h2-8,10,15,19H,9,11H2,1H3,(H,20,21)(H,22,23)/t15-/m0/s1. The van der Waals surface area contributed by atoms with Crippen molar-refractivity contribution in [1.82, 2.24) is 4.98 Å². The summed E-state index contributed by atoms with van der Waals surface area (Å²) in [5, 5.41) is 15.5. The van der Waals surface area contributed by atoms with Crippen molar-refractivity contribution in [2.45, 2.75) is 19.0 Å². The topological polar surface area (TPSA) is 108 Å². The summed E-state index contributed by atoms with van der Waals surface area (Å²) in [4.78, 5) is 27.2. The maximum absolute atomic E-state index is 12.0. The van der Waals surface area contributed by atoms with E-state index < -0.39 is 17.9 Å². The number of nitrogens with zero attached hydrogens (tertiary/aromatic N) is 1. The van der Waals surface area contributed by atoms with Crippen molar-refractivity contribution in [1.29, 1.82) is 0 Å². The van der Waals surface area contributed by atoms with Gasteiger partial charge in [-0.2, -0.15) is 0 Å². The van der Waals surface area contributed by atoms with Crippen molar-refractivity contribution in [2.24, 2.45) is 0 Å². The Bertz CT molecular complexity index is 674. The number of nitrogens with two attached hydrogens (primary N) is 1. The molecule has 1 heterocycles. The van der Waals surface area contributed by atoms with E-state index in [9.17, 15) is 14.7 Å². The zero-order valence-corrected chi connectivity index (χ0v) is 13.3. The first-order chi connectivity index (χ1) is 11.6. The first-order valence-corrected chi connectivity index (χ1v) is 7.45. The number of methoxy groups -OCH3 is 1. The van der Waals surface area contributed by atoms with Crippen molar-refractivity contribution in [3.8, 4) is 5.75 Å². The Morgan fingerprint density at radius 3 is 2.62 bits per heavy atom. The number of quaternary nitrogens is 1. The number of aromatic nitrogens is 1. The molecule has 7 nitrogen and oxygen atoms in total. The number of hydrogen-bond acceptors (Lipinski definition) is 5. The van der Waals surface area contributed by atoms with E-state index in [1.807, 2.05) is 6.07 Å². The van der Waals surface area contributed by atoms with Crippen molar-refractivity contribution in [3.63, 3.8) is 0 Å². The number of benzene rings is 1. The molecule has 7 heteroatoms. The Labute approximate surface area is 139 Å². The number of aliphatic carboxylic acids is 1. The van der Waals surface area contributed by atoms with Gasteiger partial charge in [0.15, 0.2) is 0 Å². The van der Waals surface area contributed by atoms with Crippen molar-refractivity contribution in [2.75, 3.05) is 12.4 Å². The molecule has 3 N–H and O–H groups in total. The predicted molar refractivity (Wildman–Crippen MR) is 84.9 cm³/mol. The number of anilines is 1. The van der Waals surface area contributed by atoms with Crippen molar-refractivity contribution in [3.05, 3.63) is 54.4 Å². The molecule has 0 radical (unpaired) electrons. The monoisotopic (exact) mass is 329 g/mol. The lowest BCUT2D eigenvalue weighted by atomic mass is 10.1. The molecule has 0 aliphatic carbocycles. The molecular weight excluding hydrogens is 310 g/mol. The predicted octanol–water partition coefficient (Wildman–Crippen LogP) is -0.699. The molecule has 2 rings (SSSR count). The molecule has 0 unspecified atom stereocenters. The summed E-state index contributed by atoms with van der Waals surface area (Å²) < 4.78 is 5.04. The second kappa shape index (κ2) is 8.64. The van der Waals surface area contributed by atoms with Crippen LogP contribution < -0.4 is 20.5 Å². The third-order valence-electron chi connectivity index (χ3n) is 3.44. The molecule has 0 spiro atoms. The van der Waals surface area contributed by atoms with Gasteiger partial charge in [-0.15, -0.1) is 0 Å². The van der Waals surface area contributed by atoms with Crippen LogP contribution in [0.15, 0.2) is 48.8 Å². The Hall–Kier alpha value is -2.93. The molecule has 1 atom stereocenters. The molecule has 1 aromatic carbocycles. The number of carboxylic acids is 1. The third-order valence-corrected chi connectivity index (χ3v) is 3.44. The van der Waals surface area contributed by atoms with Crippen molar-refractivity contribution >= 4 is 17.6 Å². The molecule has 1 amide bonds. The van der Waals surface area contributed by atoms with Gasteiger partial charge in [-0.25, -0.2) is 0 Å². The van der Waals surface area contributed by atoms with Crippen LogP contribution in [0.1, 0.15) is 12.0 Å². The van der Waals surface area contributed by atoms with Crippen LogP contribution in [0.2, 0.25) is 0 Å². The summed E-state index contributed by atoms with van der Waals surface area (Å²) >= 11 is 0. The lowest BCUT2D eigenvalue weighted by Gasteiger charge is -2.16. The molecule has 24 heavy (non-hydrogen) atoms. The number of nitrogens with one attached hydrogen (secondary N) is 1. The minimum absolute atomic E-state index is 0.186. The molecule has 0 aliphatic heterocycles. The molecule has 0 saturated carbocycles. The molecule has 2 aromatic rings. The fourth-order valence-electron chi connectivity index (χ4n) is 2.15. The molecule has 0 aliphatic rings. The van der Waals surface area contributed by atoms with Gasteiger partial charge in [0.2, 0.25) is 5.91 Å². The molecule has 0 saturated heterocycles. The van der Waals surface area contributed by atoms with Gasteiger partial charge in [0.1, 0.15) is 18.3 Å². The summed E-state index contributed by atoms with van der Waals surface area (Å²) in [6.07, 6.45) is 3.11. The van der Waals surface area contributed by atoms with E-state index in [1.165, 1.54) is 0 Å². The quantitative estimate of drug-likeness (QED) is 0.666. The molecule has 126 valence electrons. The maximum Gasteiger partial charge on any atom is 0.230 e. The van der Waals surface area contributed by atoms with E-state index in [4.69, 9.17) is 4.74 Å². The van der Waals surface area contributed by atoms with Gasteiger partial charge in [0, 0.05) is 23.6 Å². The summed E-state index contributed by atoms with van der Waals surface area (Å²) in [5.41, 5.74) is 1.45. The van der Waals surface area contributed by atoms with E-state index >= 15 is 0 Å². The minimum Gasteiger partial charge on any atom is -0.544 e. The van der Waals surface area contributed by atoms with Gasteiger partial charge >= 0.3 is 0 Å². The highest BCUT2D eigenvalue weighted by atomic mass is 16.5.